The molecule has 1 N–H and O–H groups in total. The molecular weight excluding hydrogens is 163 g/mol. The van der Waals surface area contributed by atoms with E-state index in [2.05, 4.69) is 0 Å². The molecule has 1 aliphatic rings. The highest BCUT2D eigenvalue weighted by Gasteiger charge is 2.47. The molecule has 4 heteroatoms. The number of ether oxygens (including phenoxy) is 1. The third-order valence-electron chi connectivity index (χ3n) is 2.61. The highest BCUT2D eigenvalue weighted by atomic mass is 19.1. The minimum Gasteiger partial charge on any atom is -0.481 e. The lowest BCUT2D eigenvalue weighted by molar-refractivity contribution is -0.163. The Balaban J connectivity index is 2.81. The standard InChI is InChI=1S/C8H13FO3/c1-2-8(7(10)11)3-4-12-5-6(8)9/h6H,2-5H2,1H3,(H,10,11). The monoisotopic (exact) mass is 176 g/mol. The third kappa shape index (κ3) is 1.31. The SMILES string of the molecule is CCC1(C(=O)O)CCOCC1F. The third-order valence-corrected chi connectivity index (χ3v) is 2.61. The Morgan fingerprint density at radius 3 is 2.83 bits per heavy atom. The molecule has 0 saturated carbocycles. The van der Waals surface area contributed by atoms with E-state index >= 15 is 0 Å². The fraction of sp³-hybridized carbons (Fsp3) is 0.875. The Bertz CT molecular complexity index is 183. The lowest BCUT2D eigenvalue weighted by Gasteiger charge is -2.35. The van der Waals surface area contributed by atoms with Gasteiger partial charge in [-0.05, 0) is 12.8 Å². The van der Waals surface area contributed by atoms with Crippen LogP contribution < -0.4 is 0 Å². The summed E-state index contributed by atoms with van der Waals surface area (Å²) in [6, 6.07) is 0. The molecule has 0 amide bonds. The van der Waals surface area contributed by atoms with Crippen molar-refractivity contribution in [2.45, 2.75) is 25.9 Å². The van der Waals surface area contributed by atoms with E-state index in [9.17, 15) is 9.18 Å². The van der Waals surface area contributed by atoms with Crippen LogP contribution in [0.5, 0.6) is 0 Å². The number of rotatable bonds is 2. The van der Waals surface area contributed by atoms with Gasteiger partial charge in [-0.1, -0.05) is 6.92 Å². The summed E-state index contributed by atoms with van der Waals surface area (Å²) in [5.74, 6) is -1.04. The quantitative estimate of drug-likeness (QED) is 0.688. The second-order valence-corrected chi connectivity index (χ2v) is 3.11. The maximum absolute atomic E-state index is 13.2. The van der Waals surface area contributed by atoms with Crippen molar-refractivity contribution in [2.75, 3.05) is 13.2 Å². The van der Waals surface area contributed by atoms with Crippen LogP contribution in [-0.2, 0) is 9.53 Å². The minimum atomic E-state index is -1.37. The van der Waals surface area contributed by atoms with E-state index in [1.807, 2.05) is 0 Å². The summed E-state index contributed by atoms with van der Waals surface area (Å²) < 4.78 is 18.1. The van der Waals surface area contributed by atoms with Gasteiger partial charge in [-0.2, -0.15) is 0 Å². The summed E-state index contributed by atoms with van der Waals surface area (Å²) in [6.45, 7) is 1.96. The second-order valence-electron chi connectivity index (χ2n) is 3.11. The van der Waals surface area contributed by atoms with E-state index in [-0.39, 0.29) is 13.0 Å². The molecule has 2 unspecified atom stereocenters. The Kier molecular flexibility index (Phi) is 2.67. The van der Waals surface area contributed by atoms with Crippen LogP contribution in [0.3, 0.4) is 0 Å². The van der Waals surface area contributed by atoms with Crippen molar-refractivity contribution in [3.05, 3.63) is 0 Å². The maximum Gasteiger partial charge on any atom is 0.312 e. The first kappa shape index (κ1) is 9.45. The van der Waals surface area contributed by atoms with Gasteiger partial charge in [0.2, 0.25) is 0 Å². The summed E-state index contributed by atoms with van der Waals surface area (Å²) in [6.07, 6.45) is -0.763. The fourth-order valence-corrected chi connectivity index (χ4v) is 1.55. The predicted octanol–water partition coefficient (Wildman–Crippen LogP) is 1.23. The number of carboxylic acids is 1. The minimum absolute atomic E-state index is 0.0832. The van der Waals surface area contributed by atoms with Crippen molar-refractivity contribution in [3.63, 3.8) is 0 Å². The van der Waals surface area contributed by atoms with E-state index in [1.165, 1.54) is 0 Å². The zero-order chi connectivity index (χ0) is 9.19. The number of hydrogen-bond acceptors (Lipinski definition) is 2. The fourth-order valence-electron chi connectivity index (χ4n) is 1.55. The number of carbonyl (C=O) groups is 1. The molecule has 0 aromatic carbocycles. The van der Waals surface area contributed by atoms with Crippen LogP contribution in [0.4, 0.5) is 4.39 Å². The number of hydrogen-bond donors (Lipinski definition) is 1. The lowest BCUT2D eigenvalue weighted by Crippen LogP contribution is -2.46. The van der Waals surface area contributed by atoms with E-state index in [0.29, 0.717) is 13.0 Å². The summed E-state index contributed by atoms with van der Waals surface area (Å²) in [5.41, 5.74) is -1.20. The van der Waals surface area contributed by atoms with Crippen molar-refractivity contribution in [1.82, 2.24) is 0 Å². The van der Waals surface area contributed by atoms with Gasteiger partial charge in [0.15, 0.2) is 0 Å². The van der Waals surface area contributed by atoms with E-state index in [4.69, 9.17) is 9.84 Å². The van der Waals surface area contributed by atoms with Crippen molar-refractivity contribution >= 4 is 5.97 Å². The molecule has 1 fully saturated rings. The van der Waals surface area contributed by atoms with Crippen molar-refractivity contribution < 1.29 is 19.0 Å². The average molecular weight is 176 g/mol. The van der Waals surface area contributed by atoms with Gasteiger partial charge in [-0.25, -0.2) is 4.39 Å². The van der Waals surface area contributed by atoms with E-state index in [1.54, 1.807) is 6.92 Å². The number of halogens is 1. The molecule has 0 bridgehead atoms. The molecule has 0 aromatic rings. The summed E-state index contributed by atoms with van der Waals surface area (Å²) in [5, 5.41) is 8.86. The first-order valence-electron chi connectivity index (χ1n) is 4.08. The maximum atomic E-state index is 13.2. The largest absolute Gasteiger partial charge is 0.481 e. The first-order chi connectivity index (χ1) is 5.63. The molecule has 1 saturated heterocycles. The molecule has 1 heterocycles. The molecular formula is C8H13FO3. The molecule has 2 atom stereocenters. The smallest absolute Gasteiger partial charge is 0.312 e. The molecule has 0 aromatic heterocycles. The molecule has 0 spiro atoms. The topological polar surface area (TPSA) is 46.5 Å². The molecule has 1 rings (SSSR count). The highest BCUT2D eigenvalue weighted by molar-refractivity contribution is 5.75. The average Bonchev–Trinajstić information content (AvgIpc) is 2.05. The van der Waals surface area contributed by atoms with Crippen LogP contribution in [-0.4, -0.2) is 30.5 Å². The molecule has 12 heavy (non-hydrogen) atoms. The van der Waals surface area contributed by atoms with Crippen LogP contribution in [0.2, 0.25) is 0 Å². The van der Waals surface area contributed by atoms with Crippen LogP contribution >= 0.6 is 0 Å². The van der Waals surface area contributed by atoms with Gasteiger partial charge in [-0.3, -0.25) is 4.79 Å². The number of alkyl halides is 1. The van der Waals surface area contributed by atoms with E-state index in [0.717, 1.165) is 0 Å². The van der Waals surface area contributed by atoms with Gasteiger partial charge in [0.25, 0.3) is 0 Å². The van der Waals surface area contributed by atoms with Gasteiger partial charge in [-0.15, -0.1) is 0 Å². The molecule has 0 radical (unpaired) electrons. The van der Waals surface area contributed by atoms with Gasteiger partial charge in [0.05, 0.1) is 6.61 Å². The Morgan fingerprint density at radius 2 is 2.50 bits per heavy atom. The predicted molar refractivity (Wildman–Crippen MR) is 40.7 cm³/mol. The lowest BCUT2D eigenvalue weighted by atomic mass is 9.76. The Morgan fingerprint density at radius 1 is 1.83 bits per heavy atom. The second kappa shape index (κ2) is 3.39. The molecule has 1 aliphatic heterocycles. The summed E-state index contributed by atoms with van der Waals surface area (Å²) in [4.78, 5) is 10.8. The van der Waals surface area contributed by atoms with Crippen molar-refractivity contribution in [1.29, 1.82) is 0 Å². The normalized spacial score (nSPS) is 36.3. The first-order valence-corrected chi connectivity index (χ1v) is 4.08. The summed E-state index contributed by atoms with van der Waals surface area (Å²) >= 11 is 0. The van der Waals surface area contributed by atoms with Gasteiger partial charge in [0, 0.05) is 6.61 Å². The summed E-state index contributed by atoms with van der Waals surface area (Å²) in [7, 11) is 0. The van der Waals surface area contributed by atoms with Gasteiger partial charge in [0.1, 0.15) is 11.6 Å². The zero-order valence-corrected chi connectivity index (χ0v) is 7.05. The molecule has 3 nitrogen and oxygen atoms in total. The van der Waals surface area contributed by atoms with Crippen LogP contribution in [0.1, 0.15) is 19.8 Å². The highest BCUT2D eigenvalue weighted by Crippen LogP contribution is 2.36. The van der Waals surface area contributed by atoms with Crippen molar-refractivity contribution in [2.24, 2.45) is 5.41 Å². The molecule has 0 aliphatic carbocycles. The van der Waals surface area contributed by atoms with Crippen LogP contribution in [0.15, 0.2) is 0 Å². The van der Waals surface area contributed by atoms with E-state index < -0.39 is 17.6 Å². The van der Waals surface area contributed by atoms with Gasteiger partial charge < -0.3 is 9.84 Å². The zero-order valence-electron chi connectivity index (χ0n) is 7.05. The molecule has 70 valence electrons. The van der Waals surface area contributed by atoms with Crippen molar-refractivity contribution in [3.8, 4) is 0 Å². The Hall–Kier alpha value is -0.640. The Labute approximate surface area is 70.5 Å². The van der Waals surface area contributed by atoms with Crippen LogP contribution in [0, 0.1) is 5.41 Å². The van der Waals surface area contributed by atoms with Crippen LogP contribution in [0.25, 0.3) is 0 Å². The number of aliphatic carboxylic acids is 1. The van der Waals surface area contributed by atoms with Gasteiger partial charge >= 0.3 is 5.97 Å². The number of carboxylic acid groups (broad SMARTS) is 1.